The van der Waals surface area contributed by atoms with E-state index in [0.29, 0.717) is 13.1 Å². The molecule has 2 aliphatic rings. The van der Waals surface area contributed by atoms with Crippen molar-refractivity contribution in [2.24, 2.45) is 0 Å². The summed E-state index contributed by atoms with van der Waals surface area (Å²) in [6.07, 6.45) is 0.769. The molecule has 20 heavy (non-hydrogen) atoms. The number of nitrogens with zero attached hydrogens (tertiary/aromatic N) is 1. The summed E-state index contributed by atoms with van der Waals surface area (Å²) < 4.78 is 23.4. The molecule has 0 saturated carbocycles. The summed E-state index contributed by atoms with van der Waals surface area (Å²) in [5.74, 6) is -0.569. The summed E-state index contributed by atoms with van der Waals surface area (Å²) in [6.45, 7) is 1.31. The van der Waals surface area contributed by atoms with Crippen LogP contribution in [0.15, 0.2) is 24.3 Å². The van der Waals surface area contributed by atoms with Crippen LogP contribution in [0.5, 0.6) is 0 Å². The number of aliphatic carboxylic acids is 1. The van der Waals surface area contributed by atoms with Crippen LogP contribution in [0.4, 0.5) is 0 Å². The van der Waals surface area contributed by atoms with Gasteiger partial charge in [0.25, 0.3) is 0 Å². The number of carboxylic acids is 1. The lowest BCUT2D eigenvalue weighted by molar-refractivity contribution is -0.136. The Morgan fingerprint density at radius 2 is 2.10 bits per heavy atom. The smallest absolute Gasteiger partial charge is 0.307 e. The Hall–Kier alpha value is -1.40. The van der Waals surface area contributed by atoms with Gasteiger partial charge in [0.2, 0.25) is 0 Å². The molecular weight excluding hydrogens is 278 g/mol. The summed E-state index contributed by atoms with van der Waals surface area (Å²) in [6, 6.07) is 7.66. The molecule has 2 unspecified atom stereocenters. The second-order valence-corrected chi connectivity index (χ2v) is 7.99. The highest BCUT2D eigenvalue weighted by atomic mass is 32.2. The molecule has 2 saturated heterocycles. The van der Waals surface area contributed by atoms with Crippen LogP contribution in [0.25, 0.3) is 0 Å². The zero-order chi connectivity index (χ0) is 14.3. The number of carboxylic acid groups (broad SMARTS) is 1. The van der Waals surface area contributed by atoms with Gasteiger partial charge in [0.05, 0.1) is 17.4 Å². The zero-order valence-electron chi connectivity index (χ0n) is 11.0. The first-order chi connectivity index (χ1) is 9.44. The Labute approximate surface area is 118 Å². The van der Waals surface area contributed by atoms with Crippen molar-refractivity contribution in [2.45, 2.75) is 30.7 Å². The number of sulfone groups is 1. The predicted molar refractivity (Wildman–Crippen MR) is 74.2 cm³/mol. The molecule has 0 spiro atoms. The molecule has 0 amide bonds. The van der Waals surface area contributed by atoms with E-state index in [4.69, 9.17) is 5.11 Å². The molecule has 108 valence electrons. The number of hydrogen-bond donors (Lipinski definition) is 1. The van der Waals surface area contributed by atoms with Crippen molar-refractivity contribution in [2.75, 3.05) is 12.3 Å². The first-order valence-electron chi connectivity index (χ1n) is 6.69. The van der Waals surface area contributed by atoms with E-state index in [1.165, 1.54) is 0 Å². The molecular formula is C14H17NO4S. The maximum Gasteiger partial charge on any atom is 0.307 e. The second-order valence-electron chi connectivity index (χ2n) is 5.66. The summed E-state index contributed by atoms with van der Waals surface area (Å²) in [4.78, 5) is 12.9. The lowest BCUT2D eigenvalue weighted by Crippen LogP contribution is -2.39. The third-order valence-electron chi connectivity index (χ3n) is 4.15. The lowest BCUT2D eigenvalue weighted by atomic mass is 10.1. The molecule has 0 radical (unpaired) electrons. The van der Waals surface area contributed by atoms with Gasteiger partial charge < -0.3 is 5.11 Å². The SMILES string of the molecule is O=C(O)Cc1cccc(CN2CC3CC2CS3(=O)=O)c1. The highest BCUT2D eigenvalue weighted by molar-refractivity contribution is 7.92. The normalized spacial score (nSPS) is 27.8. The Bertz CT molecular complexity index is 640. The molecule has 1 N–H and O–H groups in total. The van der Waals surface area contributed by atoms with Crippen molar-refractivity contribution in [1.29, 1.82) is 0 Å². The lowest BCUT2D eigenvalue weighted by Gasteiger charge is -2.26. The van der Waals surface area contributed by atoms with Gasteiger partial charge in [-0.1, -0.05) is 24.3 Å². The van der Waals surface area contributed by atoms with Gasteiger partial charge >= 0.3 is 5.97 Å². The monoisotopic (exact) mass is 295 g/mol. The van der Waals surface area contributed by atoms with Crippen molar-refractivity contribution in [1.82, 2.24) is 4.90 Å². The summed E-state index contributed by atoms with van der Waals surface area (Å²) in [5.41, 5.74) is 1.83. The minimum atomic E-state index is -2.86. The Kier molecular flexibility index (Phi) is 3.30. The van der Waals surface area contributed by atoms with Crippen LogP contribution in [0.3, 0.4) is 0 Å². The third-order valence-corrected chi connectivity index (χ3v) is 6.36. The average molecular weight is 295 g/mol. The van der Waals surface area contributed by atoms with E-state index in [2.05, 4.69) is 4.90 Å². The van der Waals surface area contributed by atoms with E-state index >= 15 is 0 Å². The van der Waals surface area contributed by atoms with E-state index in [0.717, 1.165) is 17.5 Å². The zero-order valence-corrected chi connectivity index (χ0v) is 11.8. The maximum absolute atomic E-state index is 11.7. The standard InChI is InChI=1S/C14H17NO4S/c16-14(17)5-10-2-1-3-11(4-10)7-15-8-13-6-12(15)9-20(13,18)19/h1-4,12-13H,5-9H2,(H,16,17). The van der Waals surface area contributed by atoms with Crippen molar-refractivity contribution < 1.29 is 18.3 Å². The fourth-order valence-electron chi connectivity index (χ4n) is 3.22. The number of hydrogen-bond acceptors (Lipinski definition) is 4. The van der Waals surface area contributed by atoms with Crippen LogP contribution in [-0.4, -0.2) is 48.0 Å². The first kappa shape index (κ1) is 13.6. The third kappa shape index (κ3) is 2.58. The second kappa shape index (κ2) is 4.86. The Morgan fingerprint density at radius 3 is 2.70 bits per heavy atom. The van der Waals surface area contributed by atoms with Gasteiger partial charge in [-0.05, 0) is 17.5 Å². The van der Waals surface area contributed by atoms with Gasteiger partial charge in [-0.25, -0.2) is 8.42 Å². The van der Waals surface area contributed by atoms with Crippen molar-refractivity contribution in [3.05, 3.63) is 35.4 Å². The highest BCUT2D eigenvalue weighted by Gasteiger charge is 2.47. The van der Waals surface area contributed by atoms with Crippen LogP contribution < -0.4 is 0 Å². The average Bonchev–Trinajstić information content (AvgIpc) is 2.84. The topological polar surface area (TPSA) is 74.7 Å². The van der Waals surface area contributed by atoms with Gasteiger partial charge in [0, 0.05) is 19.1 Å². The van der Waals surface area contributed by atoms with Crippen LogP contribution in [0.1, 0.15) is 17.5 Å². The summed E-state index contributed by atoms with van der Waals surface area (Å²) in [7, 11) is -2.86. The fourth-order valence-corrected chi connectivity index (χ4v) is 5.31. The van der Waals surface area contributed by atoms with Gasteiger partial charge in [0.15, 0.2) is 9.84 Å². The molecule has 2 aliphatic heterocycles. The molecule has 2 fully saturated rings. The molecule has 2 heterocycles. The molecule has 1 aromatic rings. The van der Waals surface area contributed by atoms with E-state index < -0.39 is 15.8 Å². The number of rotatable bonds is 4. The quantitative estimate of drug-likeness (QED) is 0.884. The van der Waals surface area contributed by atoms with Crippen molar-refractivity contribution >= 4 is 15.8 Å². The number of fused-ring (bicyclic) bond motifs is 2. The van der Waals surface area contributed by atoms with Gasteiger partial charge in [-0.15, -0.1) is 0 Å². The first-order valence-corrected chi connectivity index (χ1v) is 8.41. The highest BCUT2D eigenvalue weighted by Crippen LogP contribution is 2.33. The molecule has 3 rings (SSSR count). The van der Waals surface area contributed by atoms with Crippen LogP contribution >= 0.6 is 0 Å². The van der Waals surface area contributed by atoms with E-state index in [-0.39, 0.29) is 23.5 Å². The fraction of sp³-hybridized carbons (Fsp3) is 0.500. The molecule has 2 atom stereocenters. The van der Waals surface area contributed by atoms with Gasteiger partial charge in [-0.3, -0.25) is 9.69 Å². The van der Waals surface area contributed by atoms with E-state index in [1.54, 1.807) is 6.07 Å². The largest absolute Gasteiger partial charge is 0.481 e. The Morgan fingerprint density at radius 1 is 1.35 bits per heavy atom. The number of likely N-dealkylation sites (tertiary alicyclic amines) is 1. The molecule has 5 nitrogen and oxygen atoms in total. The van der Waals surface area contributed by atoms with E-state index in [1.807, 2.05) is 18.2 Å². The summed E-state index contributed by atoms with van der Waals surface area (Å²) in [5, 5.41) is 8.61. The minimum absolute atomic E-state index is 0.0221. The van der Waals surface area contributed by atoms with Crippen LogP contribution in [0.2, 0.25) is 0 Å². The maximum atomic E-state index is 11.7. The van der Waals surface area contributed by atoms with Gasteiger partial charge in [-0.2, -0.15) is 0 Å². The van der Waals surface area contributed by atoms with Crippen molar-refractivity contribution in [3.63, 3.8) is 0 Å². The van der Waals surface area contributed by atoms with Crippen LogP contribution in [0, 0.1) is 0 Å². The number of benzene rings is 1. The molecule has 2 bridgehead atoms. The molecule has 0 aliphatic carbocycles. The molecule has 1 aromatic carbocycles. The number of carbonyl (C=O) groups is 1. The van der Waals surface area contributed by atoms with E-state index in [9.17, 15) is 13.2 Å². The molecule has 0 aromatic heterocycles. The summed E-state index contributed by atoms with van der Waals surface area (Å²) >= 11 is 0. The predicted octanol–water partition coefficient (Wildman–Crippen LogP) is 0.685. The molecule has 6 heteroatoms. The minimum Gasteiger partial charge on any atom is -0.481 e. The van der Waals surface area contributed by atoms with Gasteiger partial charge in [0.1, 0.15) is 0 Å². The van der Waals surface area contributed by atoms with Crippen LogP contribution in [-0.2, 0) is 27.6 Å². The Balaban J connectivity index is 1.69. The van der Waals surface area contributed by atoms with Crippen molar-refractivity contribution in [3.8, 4) is 0 Å².